The second-order valence-electron chi connectivity index (χ2n) is 6.49. The van der Waals surface area contributed by atoms with Gasteiger partial charge in [0.2, 0.25) is 0 Å². The van der Waals surface area contributed by atoms with Gasteiger partial charge in [0.15, 0.2) is 11.5 Å². The highest BCUT2D eigenvalue weighted by molar-refractivity contribution is 7.98. The second-order valence-corrected chi connectivity index (χ2v) is 7.54. The number of hydrogen-bond acceptors (Lipinski definition) is 4. The molecule has 29 heavy (non-hydrogen) atoms. The van der Waals surface area contributed by atoms with E-state index in [-0.39, 0.29) is 5.91 Å². The van der Waals surface area contributed by atoms with Crippen LogP contribution in [0.4, 0.5) is 0 Å². The minimum Gasteiger partial charge on any atom is -0.493 e. The zero-order valence-corrected chi connectivity index (χ0v) is 17.5. The number of methoxy groups -OCH3 is 2. The fraction of sp³-hybridized carbons (Fsp3) is 0.208. The lowest BCUT2D eigenvalue weighted by Crippen LogP contribution is -2.25. The number of rotatable bonds is 9. The molecular weight excluding hydrogens is 382 g/mol. The number of carbonyl (C=O) groups excluding carboxylic acids is 1. The maximum absolute atomic E-state index is 12.4. The molecule has 0 spiro atoms. The van der Waals surface area contributed by atoms with Crippen LogP contribution in [0.3, 0.4) is 0 Å². The molecule has 1 amide bonds. The van der Waals surface area contributed by atoms with Crippen LogP contribution < -0.4 is 14.8 Å². The van der Waals surface area contributed by atoms with Crippen molar-refractivity contribution >= 4 is 17.7 Å². The van der Waals surface area contributed by atoms with E-state index in [1.807, 2.05) is 60.7 Å². The predicted octanol–water partition coefficient (Wildman–Crippen LogP) is 4.97. The zero-order chi connectivity index (χ0) is 20.5. The maximum atomic E-state index is 12.4. The molecule has 0 aliphatic rings. The van der Waals surface area contributed by atoms with Crippen LogP contribution in [-0.2, 0) is 12.2 Å². The average molecular weight is 408 g/mol. The molecule has 0 saturated carbocycles. The predicted molar refractivity (Wildman–Crippen MR) is 118 cm³/mol. The lowest BCUT2D eigenvalue weighted by molar-refractivity contribution is 0.0954. The Morgan fingerprint density at radius 2 is 1.55 bits per heavy atom. The quantitative estimate of drug-likeness (QED) is 0.509. The molecule has 3 rings (SSSR count). The van der Waals surface area contributed by atoms with Crippen molar-refractivity contribution in [2.45, 2.75) is 17.1 Å². The van der Waals surface area contributed by atoms with Gasteiger partial charge in [-0.1, -0.05) is 36.4 Å². The lowest BCUT2D eigenvalue weighted by Gasteiger charge is -2.10. The van der Waals surface area contributed by atoms with Gasteiger partial charge in [0, 0.05) is 22.8 Å². The lowest BCUT2D eigenvalue weighted by atomic mass is 10.1. The smallest absolute Gasteiger partial charge is 0.251 e. The highest BCUT2D eigenvalue weighted by Crippen LogP contribution is 2.27. The average Bonchev–Trinajstić information content (AvgIpc) is 2.78. The Morgan fingerprint density at radius 3 is 2.24 bits per heavy atom. The van der Waals surface area contributed by atoms with Gasteiger partial charge in [-0.15, -0.1) is 11.8 Å². The number of thioether (sulfide) groups is 1. The normalized spacial score (nSPS) is 10.4. The number of amides is 1. The van der Waals surface area contributed by atoms with E-state index in [9.17, 15) is 4.79 Å². The minimum absolute atomic E-state index is 0.0623. The maximum Gasteiger partial charge on any atom is 0.251 e. The van der Waals surface area contributed by atoms with E-state index in [0.29, 0.717) is 23.6 Å². The summed E-state index contributed by atoms with van der Waals surface area (Å²) in [5.74, 6) is 2.21. The van der Waals surface area contributed by atoms with E-state index in [4.69, 9.17) is 9.47 Å². The molecule has 0 aliphatic heterocycles. The topological polar surface area (TPSA) is 47.6 Å². The molecule has 5 heteroatoms. The summed E-state index contributed by atoms with van der Waals surface area (Å²) in [6.45, 7) is 0.555. The van der Waals surface area contributed by atoms with Gasteiger partial charge in [-0.05, 0) is 53.9 Å². The van der Waals surface area contributed by atoms with Crippen molar-refractivity contribution in [3.05, 3.63) is 89.5 Å². The molecule has 0 aliphatic carbocycles. The van der Waals surface area contributed by atoms with Crippen molar-refractivity contribution < 1.29 is 14.3 Å². The molecule has 3 aromatic carbocycles. The molecule has 150 valence electrons. The van der Waals surface area contributed by atoms with Gasteiger partial charge in [0.25, 0.3) is 5.91 Å². The van der Waals surface area contributed by atoms with Gasteiger partial charge in [0.05, 0.1) is 14.2 Å². The van der Waals surface area contributed by atoms with Crippen molar-refractivity contribution in [2.24, 2.45) is 0 Å². The second kappa shape index (κ2) is 10.6. The number of hydrogen-bond donors (Lipinski definition) is 1. The molecule has 0 saturated heterocycles. The Hall–Kier alpha value is -2.92. The summed E-state index contributed by atoms with van der Waals surface area (Å²) < 4.78 is 10.6. The first kappa shape index (κ1) is 20.8. The van der Waals surface area contributed by atoms with Crippen LogP contribution in [0, 0.1) is 0 Å². The zero-order valence-electron chi connectivity index (χ0n) is 16.7. The number of ether oxygens (including phenoxy) is 2. The first-order valence-electron chi connectivity index (χ1n) is 9.45. The third-order valence-corrected chi connectivity index (χ3v) is 5.60. The van der Waals surface area contributed by atoms with Gasteiger partial charge >= 0.3 is 0 Å². The molecular formula is C24H25NO3S. The first-order chi connectivity index (χ1) is 14.2. The van der Waals surface area contributed by atoms with E-state index in [1.165, 1.54) is 10.5 Å². The third kappa shape index (κ3) is 6.03. The van der Waals surface area contributed by atoms with Crippen molar-refractivity contribution in [3.63, 3.8) is 0 Å². The monoisotopic (exact) mass is 407 g/mol. The van der Waals surface area contributed by atoms with Gasteiger partial charge < -0.3 is 14.8 Å². The van der Waals surface area contributed by atoms with Crippen molar-refractivity contribution in [3.8, 4) is 11.5 Å². The van der Waals surface area contributed by atoms with E-state index in [0.717, 1.165) is 17.7 Å². The van der Waals surface area contributed by atoms with E-state index in [2.05, 4.69) is 17.4 Å². The summed E-state index contributed by atoms with van der Waals surface area (Å²) in [6.07, 6.45) is 0.720. The SMILES string of the molecule is COc1ccc(CCNC(=O)c2ccc(CSc3ccccc3)cc2)cc1OC. The molecule has 0 aromatic heterocycles. The molecule has 4 nitrogen and oxygen atoms in total. The molecule has 0 bridgehead atoms. The Labute approximate surface area is 176 Å². The van der Waals surface area contributed by atoms with Crippen molar-refractivity contribution in [2.75, 3.05) is 20.8 Å². The highest BCUT2D eigenvalue weighted by Gasteiger charge is 2.07. The van der Waals surface area contributed by atoms with Gasteiger partial charge in [-0.25, -0.2) is 0 Å². The molecule has 0 atom stereocenters. The Kier molecular flexibility index (Phi) is 7.59. The fourth-order valence-corrected chi connectivity index (χ4v) is 3.77. The Morgan fingerprint density at radius 1 is 0.862 bits per heavy atom. The van der Waals surface area contributed by atoms with Crippen LogP contribution in [0.2, 0.25) is 0 Å². The number of benzene rings is 3. The Balaban J connectivity index is 1.48. The van der Waals surface area contributed by atoms with E-state index >= 15 is 0 Å². The van der Waals surface area contributed by atoms with Crippen LogP contribution in [0.25, 0.3) is 0 Å². The Bertz CT molecular complexity index is 927. The largest absolute Gasteiger partial charge is 0.493 e. The van der Waals surface area contributed by atoms with Crippen LogP contribution in [0.5, 0.6) is 11.5 Å². The summed E-state index contributed by atoms with van der Waals surface area (Å²) in [5.41, 5.74) is 2.95. The van der Waals surface area contributed by atoms with Crippen LogP contribution in [0.1, 0.15) is 21.5 Å². The fourth-order valence-electron chi connectivity index (χ4n) is 2.89. The molecule has 0 radical (unpaired) electrons. The van der Waals surface area contributed by atoms with Crippen molar-refractivity contribution in [1.82, 2.24) is 5.32 Å². The number of carbonyl (C=O) groups is 1. The standard InChI is InChI=1S/C24H25NO3S/c1-27-22-13-10-18(16-23(22)28-2)14-15-25-24(26)20-11-8-19(9-12-20)17-29-21-6-4-3-5-7-21/h3-13,16H,14-15,17H2,1-2H3,(H,25,26). The van der Waals surface area contributed by atoms with Gasteiger partial charge in [-0.3, -0.25) is 4.79 Å². The summed E-state index contributed by atoms with van der Waals surface area (Å²) in [7, 11) is 3.23. The summed E-state index contributed by atoms with van der Waals surface area (Å²) >= 11 is 1.79. The van der Waals surface area contributed by atoms with Crippen LogP contribution in [0.15, 0.2) is 77.7 Å². The summed E-state index contributed by atoms with van der Waals surface area (Å²) in [4.78, 5) is 13.6. The van der Waals surface area contributed by atoms with E-state index in [1.54, 1.807) is 26.0 Å². The number of nitrogens with one attached hydrogen (secondary N) is 1. The molecule has 0 heterocycles. The third-order valence-electron chi connectivity index (χ3n) is 4.51. The molecule has 0 fully saturated rings. The highest BCUT2D eigenvalue weighted by atomic mass is 32.2. The van der Waals surface area contributed by atoms with Crippen LogP contribution in [-0.4, -0.2) is 26.7 Å². The molecule has 1 N–H and O–H groups in total. The van der Waals surface area contributed by atoms with Gasteiger partial charge in [-0.2, -0.15) is 0 Å². The molecule has 0 unspecified atom stereocenters. The first-order valence-corrected chi connectivity index (χ1v) is 10.4. The van der Waals surface area contributed by atoms with Gasteiger partial charge in [0.1, 0.15) is 0 Å². The summed E-state index contributed by atoms with van der Waals surface area (Å²) in [5, 5.41) is 2.97. The van der Waals surface area contributed by atoms with E-state index < -0.39 is 0 Å². The van der Waals surface area contributed by atoms with Crippen molar-refractivity contribution in [1.29, 1.82) is 0 Å². The summed E-state index contributed by atoms with van der Waals surface area (Å²) in [6, 6.07) is 23.9. The minimum atomic E-state index is -0.0623. The van der Waals surface area contributed by atoms with Crippen LogP contribution >= 0.6 is 11.8 Å². The molecule has 3 aromatic rings.